The quantitative estimate of drug-likeness (QED) is 0.179. The lowest BCUT2D eigenvalue weighted by molar-refractivity contribution is 1.02. The summed E-state index contributed by atoms with van der Waals surface area (Å²) in [6.07, 6.45) is 1.90. The van der Waals surface area contributed by atoms with Crippen molar-refractivity contribution >= 4 is 96.9 Å². The maximum Gasteiger partial charge on any atom is 0.235 e. The third-order valence-electron chi connectivity index (χ3n) is 12.0. The highest BCUT2D eigenvalue weighted by Crippen LogP contribution is 2.48. The first-order chi connectivity index (χ1) is 29.3. The molecule has 0 spiro atoms. The van der Waals surface area contributed by atoms with Gasteiger partial charge in [0.15, 0.2) is 0 Å². The van der Waals surface area contributed by atoms with E-state index in [2.05, 4.69) is 185 Å². The number of benzene rings is 8. The molecule has 5 nitrogen and oxygen atoms in total. The van der Waals surface area contributed by atoms with Crippen LogP contribution >= 0.6 is 11.3 Å². The van der Waals surface area contributed by atoms with Crippen molar-refractivity contribution < 1.29 is 0 Å². The number of aromatic nitrogens is 5. The lowest BCUT2D eigenvalue weighted by Crippen LogP contribution is -2.03. The Kier molecular flexibility index (Phi) is 6.82. The SMILES string of the molecule is c1ccc(-c2nc(-n3c4ccc(-c5ccc6c(c5)c5ccccc5n6-c5ccccc5)cc4c4c5ccccc5c5c6ncccc6sc5c43)nc3ccccc23)cc1. The number of hydrogen-bond acceptors (Lipinski definition) is 4. The Balaban J connectivity index is 1.15. The third kappa shape index (κ3) is 4.69. The van der Waals surface area contributed by atoms with E-state index < -0.39 is 0 Å². The molecule has 5 aromatic heterocycles. The Labute approximate surface area is 341 Å². The molecule has 0 N–H and O–H groups in total. The Morgan fingerprint density at radius 3 is 1.85 bits per heavy atom. The highest BCUT2D eigenvalue weighted by molar-refractivity contribution is 7.26. The Morgan fingerprint density at radius 1 is 0.424 bits per heavy atom. The number of pyridine rings is 1. The second-order valence-electron chi connectivity index (χ2n) is 15.2. The van der Waals surface area contributed by atoms with Gasteiger partial charge in [-0.3, -0.25) is 9.55 Å². The molecule has 0 atom stereocenters. The van der Waals surface area contributed by atoms with Crippen LogP contribution in [0.5, 0.6) is 0 Å². The number of hydrogen-bond donors (Lipinski definition) is 0. The van der Waals surface area contributed by atoms with Crippen molar-refractivity contribution in [2.75, 3.05) is 0 Å². The number of para-hydroxylation sites is 3. The smallest absolute Gasteiger partial charge is 0.235 e. The minimum atomic E-state index is 0.646. The summed E-state index contributed by atoms with van der Waals surface area (Å²) < 4.78 is 7.02. The van der Waals surface area contributed by atoms with Gasteiger partial charge in [-0.15, -0.1) is 11.3 Å². The second kappa shape index (κ2) is 12.4. The Morgan fingerprint density at radius 2 is 1.05 bits per heavy atom. The zero-order valence-corrected chi connectivity index (χ0v) is 32.4. The van der Waals surface area contributed by atoms with E-state index in [1.54, 1.807) is 11.3 Å². The van der Waals surface area contributed by atoms with E-state index >= 15 is 0 Å². The summed E-state index contributed by atoms with van der Waals surface area (Å²) in [5, 5.41) is 9.39. The fourth-order valence-corrected chi connectivity index (χ4v) is 10.6. The van der Waals surface area contributed by atoms with Crippen LogP contribution in [0.25, 0.3) is 120 Å². The van der Waals surface area contributed by atoms with Gasteiger partial charge in [0.1, 0.15) is 0 Å². The largest absolute Gasteiger partial charge is 0.309 e. The lowest BCUT2D eigenvalue weighted by Gasteiger charge is -2.12. The standard InChI is InChI=1S/C53H31N5S/c1-3-14-32(15-4-1)49-39-21-9-11-22-42(39)55-53(56-49)58-45-28-26-34(33-25-27-44-40(30-33)36-18-10-12-23-43(36)57(44)35-16-5-2-6-17-35)31-41(45)47-37-19-7-8-20-38(37)48-50-46(24-13-29-54-50)59-52(48)51(47)58/h1-31H. The summed E-state index contributed by atoms with van der Waals surface area (Å²) in [6, 6.07) is 65.0. The molecular formula is C53H31N5S. The fraction of sp³-hybridized carbons (Fsp3) is 0. The van der Waals surface area contributed by atoms with Gasteiger partial charge in [0.25, 0.3) is 0 Å². The molecule has 5 heterocycles. The molecule has 0 aliphatic carbocycles. The molecule has 0 aliphatic heterocycles. The zero-order valence-electron chi connectivity index (χ0n) is 31.5. The van der Waals surface area contributed by atoms with E-state index in [4.69, 9.17) is 15.0 Å². The van der Waals surface area contributed by atoms with Crippen LogP contribution < -0.4 is 0 Å². The number of nitrogens with zero attached hydrogens (tertiary/aromatic N) is 5. The van der Waals surface area contributed by atoms with Crippen LogP contribution in [-0.2, 0) is 0 Å². The number of thiophene rings is 1. The van der Waals surface area contributed by atoms with Gasteiger partial charge in [-0.2, -0.15) is 0 Å². The van der Waals surface area contributed by atoms with Crippen LogP contribution in [0.4, 0.5) is 0 Å². The summed E-state index contributed by atoms with van der Waals surface area (Å²) in [5.41, 5.74) is 11.9. The van der Waals surface area contributed by atoms with Crippen molar-refractivity contribution in [3.63, 3.8) is 0 Å². The normalized spacial score (nSPS) is 12.1. The average molecular weight is 770 g/mol. The fourth-order valence-electron chi connectivity index (χ4n) is 9.42. The van der Waals surface area contributed by atoms with E-state index in [9.17, 15) is 0 Å². The second-order valence-corrected chi connectivity index (χ2v) is 16.2. The van der Waals surface area contributed by atoms with Gasteiger partial charge in [0, 0.05) is 49.8 Å². The molecule has 0 fully saturated rings. The van der Waals surface area contributed by atoms with Crippen LogP contribution in [0.3, 0.4) is 0 Å². The van der Waals surface area contributed by atoms with Gasteiger partial charge in [-0.1, -0.05) is 121 Å². The van der Waals surface area contributed by atoms with Crippen LogP contribution in [0, 0.1) is 0 Å². The van der Waals surface area contributed by atoms with E-state index in [-0.39, 0.29) is 0 Å². The number of rotatable bonds is 4. The molecule has 0 saturated carbocycles. The molecule has 0 amide bonds. The summed E-state index contributed by atoms with van der Waals surface area (Å²) in [4.78, 5) is 15.8. The van der Waals surface area contributed by atoms with Crippen LogP contribution in [0.15, 0.2) is 188 Å². The van der Waals surface area contributed by atoms with E-state index in [0.29, 0.717) is 5.95 Å². The van der Waals surface area contributed by atoms with E-state index in [0.717, 1.165) is 60.0 Å². The predicted molar refractivity (Wildman–Crippen MR) is 247 cm³/mol. The van der Waals surface area contributed by atoms with Gasteiger partial charge < -0.3 is 4.57 Å². The lowest BCUT2D eigenvalue weighted by atomic mass is 9.97. The maximum atomic E-state index is 5.46. The molecule has 0 aliphatic rings. The van der Waals surface area contributed by atoms with Gasteiger partial charge >= 0.3 is 0 Å². The monoisotopic (exact) mass is 769 g/mol. The first-order valence-electron chi connectivity index (χ1n) is 19.9. The minimum Gasteiger partial charge on any atom is -0.309 e. The molecule has 6 heteroatoms. The third-order valence-corrected chi connectivity index (χ3v) is 13.1. The van der Waals surface area contributed by atoms with Gasteiger partial charge in [-0.25, -0.2) is 9.97 Å². The molecule has 0 unspecified atom stereocenters. The summed E-state index contributed by atoms with van der Waals surface area (Å²) in [6.45, 7) is 0. The topological polar surface area (TPSA) is 48.5 Å². The summed E-state index contributed by atoms with van der Waals surface area (Å²) >= 11 is 1.80. The van der Waals surface area contributed by atoms with Crippen molar-refractivity contribution in [1.82, 2.24) is 24.1 Å². The van der Waals surface area contributed by atoms with E-state index in [1.807, 2.05) is 12.3 Å². The van der Waals surface area contributed by atoms with Crippen molar-refractivity contribution in [2.45, 2.75) is 0 Å². The van der Waals surface area contributed by atoms with E-state index in [1.165, 1.54) is 53.6 Å². The first-order valence-corrected chi connectivity index (χ1v) is 20.7. The van der Waals surface area contributed by atoms with Crippen molar-refractivity contribution in [1.29, 1.82) is 0 Å². The molecule has 0 saturated heterocycles. The van der Waals surface area contributed by atoms with Crippen molar-refractivity contribution in [3.8, 4) is 34.0 Å². The molecule has 59 heavy (non-hydrogen) atoms. The molecule has 0 bridgehead atoms. The van der Waals surface area contributed by atoms with Crippen LogP contribution in [0.1, 0.15) is 0 Å². The van der Waals surface area contributed by atoms with Crippen molar-refractivity contribution in [3.05, 3.63) is 188 Å². The van der Waals surface area contributed by atoms with Crippen molar-refractivity contribution in [2.24, 2.45) is 0 Å². The highest BCUT2D eigenvalue weighted by atomic mass is 32.1. The molecule has 274 valence electrons. The zero-order chi connectivity index (χ0) is 38.6. The summed E-state index contributed by atoms with van der Waals surface area (Å²) in [5.74, 6) is 0.646. The van der Waals surface area contributed by atoms with Gasteiger partial charge in [0.2, 0.25) is 5.95 Å². The maximum absolute atomic E-state index is 5.46. The molecule has 13 rings (SSSR count). The molecular weight excluding hydrogens is 739 g/mol. The Hall–Kier alpha value is -7.67. The number of fused-ring (bicyclic) bond motifs is 14. The van der Waals surface area contributed by atoms with Crippen LogP contribution in [0.2, 0.25) is 0 Å². The molecule has 0 radical (unpaired) electrons. The average Bonchev–Trinajstić information content (AvgIpc) is 3.97. The Bertz CT molecular complexity index is 3840. The summed E-state index contributed by atoms with van der Waals surface area (Å²) in [7, 11) is 0. The van der Waals surface area contributed by atoms with Gasteiger partial charge in [0.05, 0.1) is 48.2 Å². The van der Waals surface area contributed by atoms with Gasteiger partial charge in [-0.05, 0) is 82.6 Å². The highest BCUT2D eigenvalue weighted by Gasteiger charge is 2.25. The predicted octanol–water partition coefficient (Wildman–Crippen LogP) is 14.1. The minimum absolute atomic E-state index is 0.646. The molecule has 8 aromatic carbocycles. The van der Waals surface area contributed by atoms with Crippen LogP contribution in [-0.4, -0.2) is 24.1 Å². The molecule has 13 aromatic rings. The first kappa shape index (κ1) is 32.4.